The number of primary amides is 1. The lowest BCUT2D eigenvalue weighted by Crippen LogP contribution is -2.57. The number of hydrogen-bond acceptors (Lipinski definition) is 9. The van der Waals surface area contributed by atoms with E-state index in [1.165, 1.54) is 24.3 Å². The zero-order valence-electron chi connectivity index (χ0n) is 25.2. The molecule has 236 valence electrons. The second-order valence-corrected chi connectivity index (χ2v) is 9.81. The van der Waals surface area contributed by atoms with Crippen LogP contribution in [0.15, 0.2) is 54.6 Å². The number of nitrogens with two attached hydrogens (primary N) is 1. The average Bonchev–Trinajstić information content (AvgIpc) is 3.00. The van der Waals surface area contributed by atoms with Gasteiger partial charge in [-0.3, -0.25) is 33.6 Å². The Morgan fingerprint density at radius 2 is 1.48 bits per heavy atom. The summed E-state index contributed by atoms with van der Waals surface area (Å²) in [5, 5.41) is 19.4. The first-order valence-corrected chi connectivity index (χ1v) is 13.5. The summed E-state index contributed by atoms with van der Waals surface area (Å²) < 4.78 is 13.2. The SMILES string of the molecule is [2H]N(CC(=O)N[C@@H](Cc1ccc(O)cc1)C(=O)N[C@H](C(=O)NCC(=O)C(N)=O)C(C)C)C(=O)CNC(=O)COc1ccccc1. The number of phenolic OH excluding ortho intramolecular Hbond substituents is 1. The molecule has 0 fully saturated rings. The molecule has 0 unspecified atom stereocenters. The van der Waals surface area contributed by atoms with Crippen LogP contribution in [0, 0.1) is 5.92 Å². The van der Waals surface area contributed by atoms with Crippen LogP contribution in [0.4, 0.5) is 0 Å². The normalized spacial score (nSPS) is 12.1. The molecule has 2 atom stereocenters. The second-order valence-electron chi connectivity index (χ2n) is 9.81. The first-order valence-electron chi connectivity index (χ1n) is 13.9. The molecular formula is C29H36N6O9. The highest BCUT2D eigenvalue weighted by Crippen LogP contribution is 2.12. The minimum absolute atomic E-state index is 0.0343. The number of para-hydroxylation sites is 1. The van der Waals surface area contributed by atoms with Crippen LogP contribution >= 0.6 is 0 Å². The van der Waals surface area contributed by atoms with E-state index in [4.69, 9.17) is 11.9 Å². The molecule has 0 saturated heterocycles. The van der Waals surface area contributed by atoms with Gasteiger partial charge in [0.05, 0.1) is 19.6 Å². The Balaban J connectivity index is 2.01. The Kier molecular flexibility index (Phi) is 13.1. The van der Waals surface area contributed by atoms with Crippen molar-refractivity contribution in [2.75, 3.05) is 26.2 Å². The van der Waals surface area contributed by atoms with Crippen molar-refractivity contribution in [3.63, 3.8) is 0 Å². The van der Waals surface area contributed by atoms with Crippen LogP contribution in [0.25, 0.3) is 0 Å². The van der Waals surface area contributed by atoms with Crippen molar-refractivity contribution in [1.29, 1.82) is 0 Å². The van der Waals surface area contributed by atoms with Gasteiger partial charge < -0.3 is 42.2 Å². The molecule has 15 heteroatoms. The molecule has 0 aliphatic heterocycles. The van der Waals surface area contributed by atoms with Gasteiger partial charge in [-0.2, -0.15) is 0 Å². The second kappa shape index (κ2) is 17.5. The molecular weight excluding hydrogens is 576 g/mol. The van der Waals surface area contributed by atoms with Crippen LogP contribution in [0.2, 0.25) is 1.41 Å². The van der Waals surface area contributed by atoms with E-state index in [2.05, 4.69) is 21.3 Å². The number of benzene rings is 2. The number of Topliss-reactive ketones (excluding diaryl/α,β-unsaturated/α-hetero) is 1. The number of ether oxygens (including phenoxy) is 1. The number of carbonyl (C=O) groups excluding carboxylic acids is 7. The van der Waals surface area contributed by atoms with Crippen LogP contribution in [-0.2, 0) is 40.0 Å². The largest absolute Gasteiger partial charge is 0.508 e. The summed E-state index contributed by atoms with van der Waals surface area (Å²) in [6, 6.07) is 11.8. The summed E-state index contributed by atoms with van der Waals surface area (Å²) in [5.74, 6) is -6.37. The van der Waals surface area contributed by atoms with Crippen molar-refractivity contribution >= 4 is 41.2 Å². The highest BCUT2D eigenvalue weighted by Gasteiger charge is 2.29. The number of carbonyl (C=O) groups is 7. The fourth-order valence-corrected chi connectivity index (χ4v) is 3.58. The molecule has 0 spiro atoms. The standard InChI is InChI=1S/C29H36N6O9/c1-17(2)26(29(43)33-13-22(37)27(30)41)35-28(42)21(12-18-8-10-19(36)11-9-18)34-24(39)15-31-23(38)14-32-25(40)16-44-20-6-4-3-5-7-20/h3-11,17,21,26,36H,12-16H2,1-2H3,(H2,30,41)(H,31,38)(H,32,40)(H,33,43)(H,34,39)(H,35,42)/t21-,26-/m0/s1/i/hD. The molecule has 0 aliphatic rings. The molecule has 0 radical (unpaired) electrons. The van der Waals surface area contributed by atoms with Crippen molar-refractivity contribution < 1.29 is 44.8 Å². The van der Waals surface area contributed by atoms with E-state index in [1.807, 2.05) is 0 Å². The number of aromatic hydroxyl groups is 1. The molecule has 0 heterocycles. The fourth-order valence-electron chi connectivity index (χ4n) is 3.58. The third-order valence-electron chi connectivity index (χ3n) is 5.92. The van der Waals surface area contributed by atoms with Crippen molar-refractivity contribution in [3.05, 3.63) is 60.2 Å². The van der Waals surface area contributed by atoms with Crippen LogP contribution in [0.3, 0.4) is 0 Å². The molecule has 6 amide bonds. The third-order valence-corrected chi connectivity index (χ3v) is 5.92. The maximum Gasteiger partial charge on any atom is 0.286 e. The first-order chi connectivity index (χ1) is 21.3. The van der Waals surface area contributed by atoms with E-state index in [0.717, 1.165) is 0 Å². The van der Waals surface area contributed by atoms with Gasteiger partial charge >= 0.3 is 0 Å². The predicted molar refractivity (Wildman–Crippen MR) is 156 cm³/mol. The number of ketones is 1. The van der Waals surface area contributed by atoms with E-state index in [1.54, 1.807) is 44.2 Å². The maximum atomic E-state index is 13.3. The molecule has 15 nitrogen and oxygen atoms in total. The lowest BCUT2D eigenvalue weighted by Gasteiger charge is -2.25. The Labute approximate surface area is 254 Å². The van der Waals surface area contributed by atoms with E-state index in [-0.39, 0.29) is 18.8 Å². The zero-order chi connectivity index (χ0) is 33.5. The van der Waals surface area contributed by atoms with Crippen LogP contribution in [0.1, 0.15) is 19.4 Å². The number of phenols is 1. The van der Waals surface area contributed by atoms with Crippen LogP contribution in [-0.4, -0.2) is 84.7 Å². The Bertz CT molecular complexity index is 1370. The van der Waals surface area contributed by atoms with Gasteiger partial charge in [-0.05, 0) is 35.7 Å². The molecule has 8 N–H and O–H groups in total. The number of hydrogen-bond donors (Lipinski definition) is 7. The Morgan fingerprint density at radius 3 is 2.09 bits per heavy atom. The lowest BCUT2D eigenvalue weighted by molar-refractivity contribution is -0.137. The zero-order valence-corrected chi connectivity index (χ0v) is 24.2. The lowest BCUT2D eigenvalue weighted by atomic mass is 10.0. The quantitative estimate of drug-likeness (QED) is 0.0980. The van der Waals surface area contributed by atoms with Crippen molar-refractivity contribution in [2.45, 2.75) is 32.4 Å². The maximum absolute atomic E-state index is 13.3. The van der Waals surface area contributed by atoms with Gasteiger partial charge in [0.2, 0.25) is 29.4 Å². The van der Waals surface area contributed by atoms with Gasteiger partial charge in [-0.15, -0.1) is 0 Å². The molecule has 0 aliphatic carbocycles. The van der Waals surface area contributed by atoms with Gasteiger partial charge in [-0.1, -0.05) is 44.2 Å². The number of nitrogens with one attached hydrogen (secondary N) is 5. The molecule has 2 aromatic carbocycles. The summed E-state index contributed by atoms with van der Waals surface area (Å²) in [7, 11) is 0. The molecule has 2 aromatic rings. The first kappa shape index (κ1) is 33.0. The minimum atomic E-state index is -1.30. The van der Waals surface area contributed by atoms with Crippen LogP contribution < -0.4 is 37.0 Å². The highest BCUT2D eigenvalue weighted by atomic mass is 16.5. The predicted octanol–water partition coefficient (Wildman–Crippen LogP) is -1.96. The monoisotopic (exact) mass is 613 g/mol. The molecule has 0 bridgehead atoms. The van der Waals surface area contributed by atoms with Gasteiger partial charge in [0.15, 0.2) is 8.02 Å². The third kappa shape index (κ3) is 12.6. The Morgan fingerprint density at radius 1 is 0.818 bits per heavy atom. The van der Waals surface area contributed by atoms with Gasteiger partial charge in [0.1, 0.15) is 23.6 Å². The minimum Gasteiger partial charge on any atom is -0.508 e. The summed E-state index contributed by atoms with van der Waals surface area (Å²) in [5.41, 5.74) is 5.41. The van der Waals surface area contributed by atoms with Gasteiger partial charge in [0, 0.05) is 6.42 Å². The summed E-state index contributed by atoms with van der Waals surface area (Å²) >= 11 is 0. The van der Waals surface area contributed by atoms with Crippen molar-refractivity contribution in [3.8, 4) is 11.5 Å². The summed E-state index contributed by atoms with van der Waals surface area (Å²) in [6.45, 7) is 0.802. The van der Waals surface area contributed by atoms with E-state index in [9.17, 15) is 38.7 Å². The molecule has 0 aromatic heterocycles. The molecule has 0 saturated carbocycles. The Hall–Kier alpha value is -5.47. The number of amides is 6. The fraction of sp³-hybridized carbons (Fsp3) is 0.345. The van der Waals surface area contributed by atoms with Gasteiger partial charge in [-0.25, -0.2) is 0 Å². The van der Waals surface area contributed by atoms with Crippen molar-refractivity contribution in [1.82, 2.24) is 26.6 Å². The molecule has 2 rings (SSSR count). The summed E-state index contributed by atoms with van der Waals surface area (Å²) in [6.07, 6.45) is -0.103. The topological polar surface area (TPSA) is 235 Å². The highest BCUT2D eigenvalue weighted by molar-refractivity contribution is 6.36. The molecule has 44 heavy (non-hydrogen) atoms. The van der Waals surface area contributed by atoms with Crippen molar-refractivity contribution in [2.24, 2.45) is 11.7 Å². The van der Waals surface area contributed by atoms with Gasteiger partial charge in [0.25, 0.3) is 11.8 Å². The van der Waals surface area contributed by atoms with E-state index < -0.39 is 78.9 Å². The summed E-state index contributed by atoms with van der Waals surface area (Å²) in [4.78, 5) is 85.6. The number of rotatable bonds is 17. The smallest absolute Gasteiger partial charge is 0.286 e. The van der Waals surface area contributed by atoms with E-state index in [0.29, 0.717) is 16.6 Å². The average molecular weight is 614 g/mol. The van der Waals surface area contributed by atoms with Crippen LogP contribution in [0.5, 0.6) is 11.5 Å². The van der Waals surface area contributed by atoms with E-state index >= 15 is 0 Å².